The number of amides is 1. The van der Waals surface area contributed by atoms with Crippen LogP contribution in [0.3, 0.4) is 0 Å². The van der Waals surface area contributed by atoms with Crippen LogP contribution in [-0.4, -0.2) is 40.7 Å². The molecule has 19 heavy (non-hydrogen) atoms. The number of aromatic nitrogens is 2. The SMILES string of the molecule is O=C(c1ccc(Cl)o1)N1CCOCC1c1ncon1. The van der Waals surface area contributed by atoms with Crippen LogP contribution in [-0.2, 0) is 4.74 Å². The van der Waals surface area contributed by atoms with Crippen molar-refractivity contribution in [3.63, 3.8) is 0 Å². The predicted octanol–water partition coefficient (Wildman–Crippen LogP) is 1.53. The summed E-state index contributed by atoms with van der Waals surface area (Å²) in [5.74, 6) is 0.316. The fourth-order valence-electron chi connectivity index (χ4n) is 1.96. The Morgan fingerprint density at radius 1 is 1.47 bits per heavy atom. The van der Waals surface area contributed by atoms with E-state index in [1.165, 1.54) is 18.5 Å². The van der Waals surface area contributed by atoms with E-state index in [9.17, 15) is 4.79 Å². The Morgan fingerprint density at radius 2 is 2.37 bits per heavy atom. The van der Waals surface area contributed by atoms with Gasteiger partial charge in [-0.1, -0.05) is 5.16 Å². The van der Waals surface area contributed by atoms with Gasteiger partial charge in [0.15, 0.2) is 16.8 Å². The van der Waals surface area contributed by atoms with Gasteiger partial charge in [0.2, 0.25) is 6.39 Å². The van der Waals surface area contributed by atoms with Gasteiger partial charge in [-0.25, -0.2) is 0 Å². The molecule has 7 nitrogen and oxygen atoms in total. The molecule has 1 saturated heterocycles. The molecule has 1 unspecified atom stereocenters. The maximum Gasteiger partial charge on any atom is 0.290 e. The van der Waals surface area contributed by atoms with E-state index in [-0.39, 0.29) is 22.9 Å². The number of morpholine rings is 1. The van der Waals surface area contributed by atoms with E-state index in [4.69, 9.17) is 25.3 Å². The van der Waals surface area contributed by atoms with Crippen LogP contribution in [0.2, 0.25) is 5.22 Å². The van der Waals surface area contributed by atoms with Gasteiger partial charge in [0.1, 0.15) is 6.04 Å². The minimum Gasteiger partial charge on any atom is -0.440 e. The van der Waals surface area contributed by atoms with Gasteiger partial charge >= 0.3 is 0 Å². The first-order valence-electron chi connectivity index (χ1n) is 5.66. The lowest BCUT2D eigenvalue weighted by atomic mass is 10.2. The second-order valence-corrected chi connectivity index (χ2v) is 4.35. The number of hydrogen-bond acceptors (Lipinski definition) is 6. The summed E-state index contributed by atoms with van der Waals surface area (Å²) in [7, 11) is 0. The average Bonchev–Trinajstić information content (AvgIpc) is 3.09. The smallest absolute Gasteiger partial charge is 0.290 e. The van der Waals surface area contributed by atoms with Gasteiger partial charge in [0.25, 0.3) is 5.91 Å². The minimum absolute atomic E-state index is 0.174. The summed E-state index contributed by atoms with van der Waals surface area (Å²) in [6.07, 6.45) is 1.22. The van der Waals surface area contributed by atoms with Gasteiger partial charge in [-0.15, -0.1) is 0 Å². The molecule has 100 valence electrons. The predicted molar refractivity (Wildman–Crippen MR) is 62.6 cm³/mol. The van der Waals surface area contributed by atoms with Crippen LogP contribution in [0.4, 0.5) is 0 Å². The van der Waals surface area contributed by atoms with Gasteiger partial charge in [-0.3, -0.25) is 4.79 Å². The van der Waals surface area contributed by atoms with E-state index in [0.717, 1.165) is 0 Å². The third-order valence-corrected chi connectivity index (χ3v) is 3.05. The molecular weight excluding hydrogens is 274 g/mol. The number of carbonyl (C=O) groups excluding carboxylic acids is 1. The Balaban J connectivity index is 1.86. The van der Waals surface area contributed by atoms with Crippen LogP contribution < -0.4 is 0 Å². The molecule has 0 aliphatic carbocycles. The van der Waals surface area contributed by atoms with Crippen LogP contribution in [0.5, 0.6) is 0 Å². The van der Waals surface area contributed by atoms with Gasteiger partial charge in [0, 0.05) is 6.54 Å². The van der Waals surface area contributed by atoms with Crippen molar-refractivity contribution in [1.82, 2.24) is 15.0 Å². The zero-order valence-corrected chi connectivity index (χ0v) is 10.5. The Labute approximate surface area is 113 Å². The Morgan fingerprint density at radius 3 is 3.05 bits per heavy atom. The Kier molecular flexibility index (Phi) is 3.22. The molecular formula is C11H10ClN3O4. The zero-order valence-electron chi connectivity index (χ0n) is 9.78. The normalized spacial score (nSPS) is 19.6. The monoisotopic (exact) mass is 283 g/mol. The summed E-state index contributed by atoms with van der Waals surface area (Å²) in [5, 5.41) is 3.93. The van der Waals surface area contributed by atoms with Crippen LogP contribution in [0.1, 0.15) is 22.4 Å². The van der Waals surface area contributed by atoms with Crippen molar-refractivity contribution >= 4 is 17.5 Å². The maximum absolute atomic E-state index is 12.4. The summed E-state index contributed by atoms with van der Waals surface area (Å²) in [5.41, 5.74) is 0. The number of carbonyl (C=O) groups is 1. The molecule has 3 rings (SSSR count). The lowest BCUT2D eigenvalue weighted by molar-refractivity contribution is -0.00727. The second-order valence-electron chi connectivity index (χ2n) is 3.98. The van der Waals surface area contributed by atoms with Gasteiger partial charge in [0.05, 0.1) is 13.2 Å². The molecule has 0 aromatic carbocycles. The number of nitrogens with zero attached hydrogens (tertiary/aromatic N) is 3. The summed E-state index contributed by atoms with van der Waals surface area (Å²) in [6, 6.07) is 2.68. The molecule has 1 atom stereocenters. The third-order valence-electron chi connectivity index (χ3n) is 2.85. The van der Waals surface area contributed by atoms with Gasteiger partial charge in [-0.2, -0.15) is 4.98 Å². The van der Waals surface area contributed by atoms with Crippen molar-refractivity contribution in [2.75, 3.05) is 19.8 Å². The minimum atomic E-state index is -0.385. The number of ether oxygens (including phenoxy) is 1. The highest BCUT2D eigenvalue weighted by atomic mass is 35.5. The quantitative estimate of drug-likeness (QED) is 0.831. The van der Waals surface area contributed by atoms with Crippen molar-refractivity contribution in [2.24, 2.45) is 0 Å². The number of rotatable bonds is 2. The lowest BCUT2D eigenvalue weighted by Crippen LogP contribution is -2.43. The second kappa shape index (κ2) is 5.02. The molecule has 1 amide bonds. The standard InChI is InChI=1S/C11H10ClN3O4/c12-9-2-1-8(19-9)11(16)15-3-4-17-5-7(15)10-13-6-18-14-10/h1-2,6-7H,3-5H2. The number of furan rings is 1. The van der Waals surface area contributed by atoms with Crippen LogP contribution >= 0.6 is 11.6 Å². The highest BCUT2D eigenvalue weighted by molar-refractivity contribution is 6.29. The molecule has 2 aromatic rings. The summed E-state index contributed by atoms with van der Waals surface area (Å²) in [4.78, 5) is 17.9. The molecule has 0 bridgehead atoms. The highest BCUT2D eigenvalue weighted by Gasteiger charge is 2.33. The summed E-state index contributed by atoms with van der Waals surface area (Å²) in [6.45, 7) is 1.20. The van der Waals surface area contributed by atoms with Crippen LogP contribution in [0.25, 0.3) is 0 Å². The molecule has 1 aliphatic heterocycles. The lowest BCUT2D eigenvalue weighted by Gasteiger charge is -2.32. The van der Waals surface area contributed by atoms with E-state index in [2.05, 4.69) is 10.1 Å². The third kappa shape index (κ3) is 2.34. The molecule has 0 saturated carbocycles. The molecule has 1 fully saturated rings. The van der Waals surface area contributed by atoms with E-state index < -0.39 is 0 Å². The zero-order chi connectivity index (χ0) is 13.2. The number of hydrogen-bond donors (Lipinski definition) is 0. The molecule has 0 radical (unpaired) electrons. The van der Waals surface area contributed by atoms with Gasteiger partial charge in [-0.05, 0) is 23.7 Å². The van der Waals surface area contributed by atoms with Crippen molar-refractivity contribution in [3.8, 4) is 0 Å². The van der Waals surface area contributed by atoms with E-state index in [1.807, 2.05) is 0 Å². The first kappa shape index (κ1) is 12.2. The fraction of sp³-hybridized carbons (Fsp3) is 0.364. The molecule has 2 aromatic heterocycles. The molecule has 0 spiro atoms. The van der Waals surface area contributed by atoms with Gasteiger partial charge < -0.3 is 18.6 Å². The molecule has 0 N–H and O–H groups in total. The summed E-state index contributed by atoms with van der Waals surface area (Å²) < 4.78 is 15.2. The highest BCUT2D eigenvalue weighted by Crippen LogP contribution is 2.24. The molecule has 3 heterocycles. The molecule has 8 heteroatoms. The van der Waals surface area contributed by atoms with E-state index >= 15 is 0 Å². The Bertz CT molecular complexity index is 568. The van der Waals surface area contributed by atoms with Crippen LogP contribution in [0, 0.1) is 0 Å². The van der Waals surface area contributed by atoms with Crippen molar-refractivity contribution in [3.05, 3.63) is 35.3 Å². The summed E-state index contributed by atoms with van der Waals surface area (Å²) >= 11 is 5.68. The van der Waals surface area contributed by atoms with E-state index in [1.54, 1.807) is 4.90 Å². The van der Waals surface area contributed by atoms with E-state index in [0.29, 0.717) is 25.6 Å². The Hall–Kier alpha value is -1.86. The van der Waals surface area contributed by atoms with Crippen molar-refractivity contribution in [2.45, 2.75) is 6.04 Å². The fourth-order valence-corrected chi connectivity index (χ4v) is 2.10. The van der Waals surface area contributed by atoms with Crippen molar-refractivity contribution < 1.29 is 18.5 Å². The van der Waals surface area contributed by atoms with Crippen molar-refractivity contribution in [1.29, 1.82) is 0 Å². The first-order valence-corrected chi connectivity index (χ1v) is 6.04. The number of halogens is 1. The topological polar surface area (TPSA) is 81.6 Å². The average molecular weight is 284 g/mol. The maximum atomic E-state index is 12.4. The largest absolute Gasteiger partial charge is 0.440 e. The van der Waals surface area contributed by atoms with Crippen LogP contribution in [0.15, 0.2) is 27.5 Å². The first-order chi connectivity index (χ1) is 9.25. The molecule has 1 aliphatic rings.